The minimum atomic E-state index is -0.145. The molecule has 0 spiro atoms. The van der Waals surface area contributed by atoms with Gasteiger partial charge in [-0.1, -0.05) is 18.2 Å². The first-order valence-corrected chi connectivity index (χ1v) is 9.10. The molecule has 1 aromatic carbocycles. The van der Waals surface area contributed by atoms with Crippen molar-refractivity contribution in [3.05, 3.63) is 65.1 Å². The Hall–Kier alpha value is -3.16. The molecule has 3 aromatic rings. The third kappa shape index (κ3) is 3.42. The molecule has 4 rings (SSSR count). The van der Waals surface area contributed by atoms with Gasteiger partial charge in [-0.15, -0.1) is 0 Å². The van der Waals surface area contributed by atoms with E-state index >= 15 is 0 Å². The SMILES string of the molecule is Cn1nc(C2CCN(C(=O)Cn3cccn3)CC2)n(-c2ccccc2)c1=O. The quantitative estimate of drug-likeness (QED) is 0.695. The number of rotatable bonds is 4. The molecule has 0 unspecified atom stereocenters. The van der Waals surface area contributed by atoms with Crippen molar-refractivity contribution in [2.75, 3.05) is 13.1 Å². The van der Waals surface area contributed by atoms with E-state index in [0.717, 1.165) is 24.4 Å². The highest BCUT2D eigenvalue weighted by atomic mass is 16.2. The number of hydrogen-bond donors (Lipinski definition) is 0. The molecular weight excluding hydrogens is 344 g/mol. The molecule has 2 aromatic heterocycles. The summed E-state index contributed by atoms with van der Waals surface area (Å²) in [7, 11) is 1.67. The monoisotopic (exact) mass is 366 g/mol. The van der Waals surface area contributed by atoms with Crippen molar-refractivity contribution in [2.45, 2.75) is 25.3 Å². The molecule has 1 aliphatic heterocycles. The zero-order valence-electron chi connectivity index (χ0n) is 15.2. The first kappa shape index (κ1) is 17.3. The van der Waals surface area contributed by atoms with Crippen LogP contribution in [0.1, 0.15) is 24.6 Å². The van der Waals surface area contributed by atoms with Crippen LogP contribution in [0.4, 0.5) is 0 Å². The van der Waals surface area contributed by atoms with Crippen LogP contribution in [0.5, 0.6) is 0 Å². The normalized spacial score (nSPS) is 15.2. The van der Waals surface area contributed by atoms with Gasteiger partial charge in [0, 0.05) is 38.4 Å². The van der Waals surface area contributed by atoms with Crippen LogP contribution in [0.25, 0.3) is 5.69 Å². The van der Waals surface area contributed by atoms with E-state index in [4.69, 9.17) is 0 Å². The van der Waals surface area contributed by atoms with Gasteiger partial charge in [-0.2, -0.15) is 10.2 Å². The maximum absolute atomic E-state index is 12.6. The zero-order valence-corrected chi connectivity index (χ0v) is 15.2. The lowest BCUT2D eigenvalue weighted by atomic mass is 9.95. The van der Waals surface area contributed by atoms with E-state index in [1.165, 1.54) is 4.68 Å². The summed E-state index contributed by atoms with van der Waals surface area (Å²) in [6, 6.07) is 11.4. The van der Waals surface area contributed by atoms with Gasteiger partial charge in [-0.3, -0.25) is 9.48 Å². The second kappa shape index (κ2) is 7.22. The van der Waals surface area contributed by atoms with E-state index in [1.807, 2.05) is 41.3 Å². The Bertz CT molecular complexity index is 966. The fraction of sp³-hybridized carbons (Fsp3) is 0.368. The number of aromatic nitrogens is 5. The Balaban J connectivity index is 1.50. The Morgan fingerprint density at radius 3 is 2.56 bits per heavy atom. The van der Waals surface area contributed by atoms with Gasteiger partial charge in [0.15, 0.2) is 0 Å². The summed E-state index contributed by atoms with van der Waals surface area (Å²) in [5.74, 6) is 0.986. The summed E-state index contributed by atoms with van der Waals surface area (Å²) in [6.07, 6.45) is 5.03. The standard InChI is InChI=1S/C19H22N6O2/c1-22-19(27)25(16-6-3-2-4-7-16)18(21-22)15-8-12-23(13-9-15)17(26)14-24-11-5-10-20-24/h2-7,10-11,15H,8-9,12-14H2,1H3. The van der Waals surface area contributed by atoms with Crippen LogP contribution in [0, 0.1) is 0 Å². The fourth-order valence-electron chi connectivity index (χ4n) is 3.59. The number of hydrogen-bond acceptors (Lipinski definition) is 4. The number of nitrogens with zero attached hydrogens (tertiary/aromatic N) is 6. The van der Waals surface area contributed by atoms with Crippen molar-refractivity contribution in [3.8, 4) is 5.69 Å². The molecule has 8 heteroatoms. The molecule has 0 bridgehead atoms. The third-order valence-electron chi connectivity index (χ3n) is 5.03. The Labute approximate surface area is 156 Å². The second-order valence-electron chi connectivity index (χ2n) is 6.79. The summed E-state index contributed by atoms with van der Waals surface area (Å²) >= 11 is 0. The van der Waals surface area contributed by atoms with Gasteiger partial charge in [0.2, 0.25) is 5.91 Å². The molecule has 27 heavy (non-hydrogen) atoms. The van der Waals surface area contributed by atoms with Gasteiger partial charge in [0.1, 0.15) is 12.4 Å². The van der Waals surface area contributed by atoms with Gasteiger partial charge in [-0.25, -0.2) is 14.0 Å². The van der Waals surface area contributed by atoms with Crippen LogP contribution in [-0.4, -0.2) is 48.0 Å². The molecule has 1 saturated heterocycles. The van der Waals surface area contributed by atoms with E-state index < -0.39 is 0 Å². The maximum Gasteiger partial charge on any atom is 0.350 e. The van der Waals surface area contributed by atoms with E-state index in [2.05, 4.69) is 10.2 Å². The summed E-state index contributed by atoms with van der Waals surface area (Å²) in [6.45, 7) is 1.57. The number of amides is 1. The number of carbonyl (C=O) groups excluding carboxylic acids is 1. The number of aryl methyl sites for hydroxylation is 1. The predicted octanol–water partition coefficient (Wildman–Crippen LogP) is 1.17. The topological polar surface area (TPSA) is 78.0 Å². The van der Waals surface area contributed by atoms with Crippen molar-refractivity contribution < 1.29 is 4.79 Å². The molecule has 8 nitrogen and oxygen atoms in total. The van der Waals surface area contributed by atoms with E-state index in [-0.39, 0.29) is 24.1 Å². The first-order chi connectivity index (χ1) is 13.1. The molecule has 0 atom stereocenters. The average molecular weight is 366 g/mol. The summed E-state index contributed by atoms with van der Waals surface area (Å²) in [4.78, 5) is 26.9. The molecular formula is C19H22N6O2. The number of carbonyl (C=O) groups is 1. The minimum absolute atomic E-state index is 0.0682. The molecule has 0 saturated carbocycles. The Kier molecular flexibility index (Phi) is 4.62. The molecule has 0 aliphatic carbocycles. The van der Waals surface area contributed by atoms with Gasteiger partial charge in [0.05, 0.1) is 5.69 Å². The molecule has 3 heterocycles. The lowest BCUT2D eigenvalue weighted by molar-refractivity contribution is -0.133. The van der Waals surface area contributed by atoms with Crippen molar-refractivity contribution in [3.63, 3.8) is 0 Å². The summed E-state index contributed by atoms with van der Waals surface area (Å²) < 4.78 is 4.71. The van der Waals surface area contributed by atoms with Gasteiger partial charge in [-0.05, 0) is 31.0 Å². The van der Waals surface area contributed by atoms with Crippen molar-refractivity contribution >= 4 is 5.91 Å². The molecule has 140 valence electrons. The second-order valence-corrected chi connectivity index (χ2v) is 6.79. The van der Waals surface area contributed by atoms with Crippen LogP contribution in [0.2, 0.25) is 0 Å². The summed E-state index contributed by atoms with van der Waals surface area (Å²) in [5.41, 5.74) is 0.677. The van der Waals surface area contributed by atoms with E-state index in [1.54, 1.807) is 28.7 Å². The Morgan fingerprint density at radius 1 is 1.15 bits per heavy atom. The minimum Gasteiger partial charge on any atom is -0.341 e. The highest BCUT2D eigenvalue weighted by Crippen LogP contribution is 2.27. The van der Waals surface area contributed by atoms with E-state index in [0.29, 0.717) is 13.1 Å². The van der Waals surface area contributed by atoms with E-state index in [9.17, 15) is 9.59 Å². The lowest BCUT2D eigenvalue weighted by Gasteiger charge is -2.31. The highest BCUT2D eigenvalue weighted by molar-refractivity contribution is 5.76. The molecule has 0 radical (unpaired) electrons. The van der Waals surface area contributed by atoms with Crippen molar-refractivity contribution in [1.29, 1.82) is 0 Å². The van der Waals surface area contributed by atoms with Crippen LogP contribution in [0.3, 0.4) is 0 Å². The number of likely N-dealkylation sites (tertiary alicyclic amines) is 1. The molecule has 1 fully saturated rings. The van der Waals surface area contributed by atoms with Crippen LogP contribution < -0.4 is 5.69 Å². The zero-order chi connectivity index (χ0) is 18.8. The van der Waals surface area contributed by atoms with Crippen LogP contribution in [0.15, 0.2) is 53.6 Å². The molecule has 0 N–H and O–H groups in total. The first-order valence-electron chi connectivity index (χ1n) is 9.10. The van der Waals surface area contributed by atoms with Crippen molar-refractivity contribution in [1.82, 2.24) is 29.0 Å². The average Bonchev–Trinajstić information content (AvgIpc) is 3.31. The van der Waals surface area contributed by atoms with Crippen LogP contribution >= 0.6 is 0 Å². The lowest BCUT2D eigenvalue weighted by Crippen LogP contribution is -2.40. The van der Waals surface area contributed by atoms with Gasteiger partial charge >= 0.3 is 5.69 Å². The maximum atomic E-state index is 12.6. The fourth-order valence-corrected chi connectivity index (χ4v) is 3.59. The van der Waals surface area contributed by atoms with Crippen LogP contribution in [-0.2, 0) is 18.4 Å². The smallest absolute Gasteiger partial charge is 0.341 e. The summed E-state index contributed by atoms with van der Waals surface area (Å²) in [5, 5.41) is 8.58. The van der Waals surface area contributed by atoms with Gasteiger partial charge in [0.25, 0.3) is 0 Å². The predicted molar refractivity (Wildman–Crippen MR) is 99.6 cm³/mol. The largest absolute Gasteiger partial charge is 0.350 e. The Morgan fingerprint density at radius 2 is 1.89 bits per heavy atom. The highest BCUT2D eigenvalue weighted by Gasteiger charge is 2.28. The van der Waals surface area contributed by atoms with Crippen molar-refractivity contribution in [2.24, 2.45) is 7.05 Å². The number of para-hydroxylation sites is 1. The van der Waals surface area contributed by atoms with Gasteiger partial charge < -0.3 is 4.90 Å². The number of benzene rings is 1. The third-order valence-corrected chi connectivity index (χ3v) is 5.03. The molecule has 1 amide bonds. The number of piperidine rings is 1. The molecule has 1 aliphatic rings.